The predicted octanol–water partition coefficient (Wildman–Crippen LogP) is 4.60. The average molecular weight is 587 g/mol. The van der Waals surface area contributed by atoms with Crippen molar-refractivity contribution in [2.24, 2.45) is 0 Å². The van der Waals surface area contributed by atoms with Gasteiger partial charge < -0.3 is 19.7 Å². The number of nitrogens with one attached hydrogen (secondary N) is 1. The summed E-state index contributed by atoms with van der Waals surface area (Å²) in [6.07, 6.45) is 2.57. The van der Waals surface area contributed by atoms with Crippen LogP contribution in [0.15, 0.2) is 36.4 Å². The number of halogens is 2. The molecule has 0 spiro atoms. The molecule has 1 atom stereocenters. The number of carbonyl (C=O) groups is 2. The lowest BCUT2D eigenvalue weighted by molar-refractivity contribution is -0.141. The third-order valence-electron chi connectivity index (χ3n) is 6.07. The van der Waals surface area contributed by atoms with Crippen molar-refractivity contribution in [3.8, 4) is 11.5 Å². The van der Waals surface area contributed by atoms with Crippen LogP contribution in [0, 0.1) is 0 Å². The SMILES string of the molecule is CCCNC(=O)C(CC)N(Cc1ccc(Cl)c(Cl)c1)C(=O)CCCN(c1ccc2c(c1)OCO2)S(C)(=O)=O. The molecule has 1 N–H and O–H groups in total. The van der Waals surface area contributed by atoms with Crippen molar-refractivity contribution in [1.82, 2.24) is 10.2 Å². The first-order valence-corrected chi connectivity index (χ1v) is 15.0. The maximum atomic E-state index is 13.5. The van der Waals surface area contributed by atoms with Crippen molar-refractivity contribution in [2.45, 2.75) is 52.1 Å². The zero-order valence-electron chi connectivity index (χ0n) is 21.7. The van der Waals surface area contributed by atoms with Crippen LogP contribution in [0.5, 0.6) is 11.5 Å². The molecule has 2 amide bonds. The Kier molecular flexibility index (Phi) is 10.5. The first-order valence-electron chi connectivity index (χ1n) is 12.4. The topological polar surface area (TPSA) is 105 Å². The smallest absolute Gasteiger partial charge is 0.242 e. The molecular weight excluding hydrogens is 553 g/mol. The van der Waals surface area contributed by atoms with Gasteiger partial charge in [-0.25, -0.2) is 8.42 Å². The van der Waals surface area contributed by atoms with Gasteiger partial charge in [0.25, 0.3) is 0 Å². The van der Waals surface area contributed by atoms with Gasteiger partial charge in [-0.2, -0.15) is 0 Å². The van der Waals surface area contributed by atoms with E-state index in [2.05, 4.69) is 5.32 Å². The van der Waals surface area contributed by atoms with Gasteiger partial charge in [0.1, 0.15) is 6.04 Å². The Morgan fingerprint density at radius 1 is 1.05 bits per heavy atom. The zero-order chi connectivity index (χ0) is 27.9. The monoisotopic (exact) mass is 585 g/mol. The number of ether oxygens (including phenoxy) is 2. The molecule has 38 heavy (non-hydrogen) atoms. The summed E-state index contributed by atoms with van der Waals surface area (Å²) in [6.45, 7) is 4.60. The van der Waals surface area contributed by atoms with E-state index < -0.39 is 16.1 Å². The molecule has 0 bridgehead atoms. The van der Waals surface area contributed by atoms with Gasteiger partial charge >= 0.3 is 0 Å². The van der Waals surface area contributed by atoms with Crippen molar-refractivity contribution in [3.05, 3.63) is 52.0 Å². The van der Waals surface area contributed by atoms with Crippen LogP contribution in [0.25, 0.3) is 0 Å². The molecule has 1 heterocycles. The zero-order valence-corrected chi connectivity index (χ0v) is 24.0. The number of hydrogen-bond acceptors (Lipinski definition) is 6. The summed E-state index contributed by atoms with van der Waals surface area (Å²) in [5, 5.41) is 3.62. The number of hydrogen-bond donors (Lipinski definition) is 1. The molecule has 0 saturated heterocycles. The summed E-state index contributed by atoms with van der Waals surface area (Å²) in [5.74, 6) is 0.501. The minimum atomic E-state index is -3.63. The molecule has 208 valence electrons. The molecule has 1 unspecified atom stereocenters. The Bertz CT molecular complexity index is 1260. The molecule has 3 rings (SSSR count). The fourth-order valence-corrected chi connectivity index (χ4v) is 5.44. The Hall–Kier alpha value is -2.69. The molecule has 12 heteroatoms. The van der Waals surface area contributed by atoms with Crippen LogP contribution in [0.4, 0.5) is 5.69 Å². The van der Waals surface area contributed by atoms with Gasteiger partial charge in [-0.3, -0.25) is 13.9 Å². The number of anilines is 1. The van der Waals surface area contributed by atoms with Gasteiger partial charge in [-0.15, -0.1) is 0 Å². The van der Waals surface area contributed by atoms with Gasteiger partial charge in [0.05, 0.1) is 22.0 Å². The number of carbonyl (C=O) groups excluding carboxylic acids is 2. The van der Waals surface area contributed by atoms with E-state index >= 15 is 0 Å². The van der Waals surface area contributed by atoms with E-state index in [-0.39, 0.29) is 44.5 Å². The first-order chi connectivity index (χ1) is 18.0. The van der Waals surface area contributed by atoms with Crippen molar-refractivity contribution < 1.29 is 27.5 Å². The van der Waals surface area contributed by atoms with Gasteiger partial charge in [0, 0.05) is 32.1 Å². The summed E-state index contributed by atoms with van der Waals surface area (Å²) in [5.41, 5.74) is 1.15. The molecular formula is C26H33Cl2N3O6S. The second kappa shape index (κ2) is 13.4. The second-order valence-corrected chi connectivity index (χ2v) is 11.7. The summed E-state index contributed by atoms with van der Waals surface area (Å²) >= 11 is 12.2. The van der Waals surface area contributed by atoms with E-state index in [1.165, 1.54) is 9.21 Å². The lowest BCUT2D eigenvalue weighted by Crippen LogP contribution is -2.49. The Morgan fingerprint density at radius 2 is 1.79 bits per heavy atom. The van der Waals surface area contributed by atoms with Crippen molar-refractivity contribution in [1.29, 1.82) is 0 Å². The van der Waals surface area contributed by atoms with E-state index in [0.717, 1.165) is 18.2 Å². The van der Waals surface area contributed by atoms with E-state index in [9.17, 15) is 18.0 Å². The van der Waals surface area contributed by atoms with Crippen LogP contribution < -0.4 is 19.1 Å². The molecule has 1 aliphatic rings. The Balaban J connectivity index is 1.77. The van der Waals surface area contributed by atoms with Gasteiger partial charge in [0.2, 0.25) is 28.6 Å². The molecule has 2 aromatic rings. The maximum Gasteiger partial charge on any atom is 0.242 e. The summed E-state index contributed by atoms with van der Waals surface area (Å²) in [6, 6.07) is 9.28. The predicted molar refractivity (Wildman–Crippen MR) is 148 cm³/mol. The Labute approximate surface area is 234 Å². The summed E-state index contributed by atoms with van der Waals surface area (Å²) in [7, 11) is -3.63. The number of nitrogens with zero attached hydrogens (tertiary/aromatic N) is 2. The van der Waals surface area contributed by atoms with E-state index in [1.807, 2.05) is 13.8 Å². The highest BCUT2D eigenvalue weighted by Gasteiger charge is 2.29. The maximum absolute atomic E-state index is 13.5. The molecule has 1 aliphatic heterocycles. The van der Waals surface area contributed by atoms with E-state index in [1.54, 1.807) is 36.4 Å². The highest BCUT2D eigenvalue weighted by molar-refractivity contribution is 7.92. The van der Waals surface area contributed by atoms with Crippen LogP contribution in [-0.2, 0) is 26.2 Å². The third kappa shape index (κ3) is 7.68. The van der Waals surface area contributed by atoms with Crippen LogP contribution in [0.3, 0.4) is 0 Å². The van der Waals surface area contributed by atoms with Crippen molar-refractivity contribution >= 4 is 50.7 Å². The minimum Gasteiger partial charge on any atom is -0.454 e. The fraction of sp³-hybridized carbons (Fsp3) is 0.462. The quantitative estimate of drug-likeness (QED) is 0.368. The molecule has 0 aliphatic carbocycles. The molecule has 0 fully saturated rings. The lowest BCUT2D eigenvalue weighted by Gasteiger charge is -2.31. The number of sulfonamides is 1. The third-order valence-corrected chi connectivity index (χ3v) is 8.00. The largest absolute Gasteiger partial charge is 0.454 e. The normalized spacial score (nSPS) is 13.2. The van der Waals surface area contributed by atoms with Crippen LogP contribution in [0.2, 0.25) is 10.0 Å². The van der Waals surface area contributed by atoms with Gasteiger partial charge in [-0.05, 0) is 49.1 Å². The fourth-order valence-electron chi connectivity index (χ4n) is 4.16. The van der Waals surface area contributed by atoms with Crippen LogP contribution in [0.1, 0.15) is 45.1 Å². The van der Waals surface area contributed by atoms with E-state index in [4.69, 9.17) is 32.7 Å². The number of benzene rings is 2. The van der Waals surface area contributed by atoms with Gasteiger partial charge in [0.15, 0.2) is 11.5 Å². The number of amides is 2. The van der Waals surface area contributed by atoms with Crippen LogP contribution >= 0.6 is 23.2 Å². The highest BCUT2D eigenvalue weighted by atomic mass is 35.5. The Morgan fingerprint density at radius 3 is 2.45 bits per heavy atom. The average Bonchev–Trinajstić information content (AvgIpc) is 3.34. The lowest BCUT2D eigenvalue weighted by atomic mass is 10.1. The molecule has 9 nitrogen and oxygen atoms in total. The van der Waals surface area contributed by atoms with Crippen molar-refractivity contribution in [3.63, 3.8) is 0 Å². The number of rotatable bonds is 13. The minimum absolute atomic E-state index is 0.0372. The summed E-state index contributed by atoms with van der Waals surface area (Å²) < 4.78 is 37.1. The molecule has 0 radical (unpaired) electrons. The van der Waals surface area contributed by atoms with E-state index in [0.29, 0.717) is 40.2 Å². The molecule has 2 aromatic carbocycles. The number of fused-ring (bicyclic) bond motifs is 1. The van der Waals surface area contributed by atoms with Crippen LogP contribution in [-0.4, -0.2) is 57.3 Å². The van der Waals surface area contributed by atoms with Crippen molar-refractivity contribution in [2.75, 3.05) is 30.4 Å². The standard InChI is InChI=1S/C26H33Cl2N3O6S/c1-4-12-29-26(33)22(5-2)30(16-18-8-10-20(27)21(28)14-18)25(32)7-6-13-31(38(3,34)35)19-9-11-23-24(15-19)37-17-36-23/h8-11,14-15,22H,4-7,12-13,16-17H2,1-3H3,(H,29,33). The van der Waals surface area contributed by atoms with Gasteiger partial charge in [-0.1, -0.05) is 43.1 Å². The second-order valence-electron chi connectivity index (χ2n) is 8.96. The molecule has 0 saturated carbocycles. The highest BCUT2D eigenvalue weighted by Crippen LogP contribution is 2.36. The molecule has 0 aromatic heterocycles. The summed E-state index contributed by atoms with van der Waals surface area (Å²) in [4.78, 5) is 27.9. The first kappa shape index (κ1) is 29.9.